The molecule has 1 N–H and O–H groups in total. The monoisotopic (exact) mass is 418 g/mol. The van der Waals surface area contributed by atoms with E-state index in [1.807, 2.05) is 43.3 Å². The largest absolute Gasteiger partial charge is 0.484 e. The maximum absolute atomic E-state index is 12.4. The van der Waals surface area contributed by atoms with Gasteiger partial charge in [-0.2, -0.15) is 0 Å². The highest BCUT2D eigenvalue weighted by Gasteiger charge is 2.23. The molecule has 1 atom stereocenters. The van der Waals surface area contributed by atoms with Crippen molar-refractivity contribution in [1.82, 2.24) is 15.3 Å². The van der Waals surface area contributed by atoms with Crippen LogP contribution in [0.3, 0.4) is 0 Å². The van der Waals surface area contributed by atoms with Gasteiger partial charge in [0.2, 0.25) is 5.95 Å². The second kappa shape index (κ2) is 9.93. The van der Waals surface area contributed by atoms with Gasteiger partial charge in [-0.3, -0.25) is 4.79 Å². The summed E-state index contributed by atoms with van der Waals surface area (Å²) in [6.07, 6.45) is 5.37. The van der Waals surface area contributed by atoms with Crippen molar-refractivity contribution < 1.29 is 14.3 Å². The van der Waals surface area contributed by atoms with Crippen LogP contribution < -0.4 is 19.7 Å². The molecule has 1 unspecified atom stereocenters. The molecule has 0 aliphatic carbocycles. The molecule has 2 aromatic carbocycles. The first-order valence-electron chi connectivity index (χ1n) is 10.4. The third-order valence-electron chi connectivity index (χ3n) is 5.07. The minimum absolute atomic E-state index is 0.0312. The zero-order valence-electron chi connectivity index (χ0n) is 17.5. The van der Waals surface area contributed by atoms with E-state index >= 15 is 0 Å². The lowest BCUT2D eigenvalue weighted by molar-refractivity contribution is -0.123. The lowest BCUT2D eigenvalue weighted by Crippen LogP contribution is -2.49. The summed E-state index contributed by atoms with van der Waals surface area (Å²) in [5, 5.41) is 3.05. The topological polar surface area (TPSA) is 76.6 Å². The molecule has 7 heteroatoms. The van der Waals surface area contributed by atoms with Crippen LogP contribution in [0.2, 0.25) is 0 Å². The number of rotatable bonds is 7. The fourth-order valence-corrected chi connectivity index (χ4v) is 3.50. The molecule has 0 saturated carbocycles. The second-order valence-electron chi connectivity index (χ2n) is 7.58. The Morgan fingerprint density at radius 3 is 2.39 bits per heavy atom. The first-order chi connectivity index (χ1) is 15.2. The Balaban J connectivity index is 1.23. The molecule has 1 amide bonds. The lowest BCUT2D eigenvalue weighted by atomic mass is 10.1. The molecule has 2 heterocycles. The van der Waals surface area contributed by atoms with Crippen molar-refractivity contribution >= 4 is 11.9 Å². The van der Waals surface area contributed by atoms with E-state index in [4.69, 9.17) is 9.47 Å². The molecular formula is C24H26N4O3. The van der Waals surface area contributed by atoms with E-state index in [2.05, 4.69) is 20.2 Å². The molecule has 1 aliphatic heterocycles. The number of nitrogens with one attached hydrogen (secondary N) is 1. The van der Waals surface area contributed by atoms with Gasteiger partial charge in [0.1, 0.15) is 17.2 Å². The summed E-state index contributed by atoms with van der Waals surface area (Å²) >= 11 is 0. The standard InChI is InChI=1S/C24H26N4O3/c1-18-5-7-21(8-6-18)31-22-11-9-20(10-12-22)30-17-23(29)27-19-4-2-15-28(16-19)24-25-13-3-14-26-24/h3,5-14,19H,2,4,15-17H2,1H3,(H,27,29). The van der Waals surface area contributed by atoms with Crippen LogP contribution in [0.5, 0.6) is 17.2 Å². The van der Waals surface area contributed by atoms with Crippen molar-refractivity contribution in [3.8, 4) is 17.2 Å². The highest BCUT2D eigenvalue weighted by atomic mass is 16.5. The molecule has 1 aliphatic rings. The normalized spacial score (nSPS) is 15.9. The van der Waals surface area contributed by atoms with Crippen molar-refractivity contribution in [3.05, 3.63) is 72.6 Å². The average Bonchev–Trinajstić information content (AvgIpc) is 2.81. The molecular weight excluding hydrogens is 392 g/mol. The molecule has 1 fully saturated rings. The zero-order valence-corrected chi connectivity index (χ0v) is 17.5. The van der Waals surface area contributed by atoms with Crippen molar-refractivity contribution in [2.75, 3.05) is 24.6 Å². The van der Waals surface area contributed by atoms with Crippen LogP contribution in [-0.4, -0.2) is 41.6 Å². The van der Waals surface area contributed by atoms with E-state index < -0.39 is 0 Å². The third kappa shape index (κ3) is 5.94. The van der Waals surface area contributed by atoms with Crippen LogP contribution in [0.25, 0.3) is 0 Å². The second-order valence-corrected chi connectivity index (χ2v) is 7.58. The highest BCUT2D eigenvalue weighted by Crippen LogP contribution is 2.24. The number of hydrogen-bond acceptors (Lipinski definition) is 6. The Morgan fingerprint density at radius 1 is 1.03 bits per heavy atom. The van der Waals surface area contributed by atoms with Crippen LogP contribution in [0.1, 0.15) is 18.4 Å². The van der Waals surface area contributed by atoms with Crippen molar-refractivity contribution in [3.63, 3.8) is 0 Å². The van der Waals surface area contributed by atoms with Crippen molar-refractivity contribution in [2.24, 2.45) is 0 Å². The molecule has 3 aromatic rings. The summed E-state index contributed by atoms with van der Waals surface area (Å²) < 4.78 is 11.4. The number of benzene rings is 2. The molecule has 0 spiro atoms. The first-order valence-corrected chi connectivity index (χ1v) is 10.4. The number of ether oxygens (including phenoxy) is 2. The number of amides is 1. The summed E-state index contributed by atoms with van der Waals surface area (Å²) in [6.45, 7) is 3.59. The number of carbonyl (C=O) groups is 1. The molecule has 4 rings (SSSR count). The van der Waals surface area contributed by atoms with Gasteiger partial charge in [-0.05, 0) is 62.2 Å². The number of piperidine rings is 1. The zero-order chi connectivity index (χ0) is 21.5. The quantitative estimate of drug-likeness (QED) is 0.630. The highest BCUT2D eigenvalue weighted by molar-refractivity contribution is 5.78. The predicted molar refractivity (Wildman–Crippen MR) is 119 cm³/mol. The van der Waals surface area contributed by atoms with Gasteiger partial charge in [-0.15, -0.1) is 0 Å². The average molecular weight is 418 g/mol. The number of hydrogen-bond donors (Lipinski definition) is 1. The van der Waals surface area contributed by atoms with E-state index in [-0.39, 0.29) is 18.6 Å². The Hall–Kier alpha value is -3.61. The molecule has 0 bridgehead atoms. The van der Waals surface area contributed by atoms with Crippen LogP contribution in [0.15, 0.2) is 67.0 Å². The number of carbonyl (C=O) groups excluding carboxylic acids is 1. The maximum Gasteiger partial charge on any atom is 0.258 e. The van der Waals surface area contributed by atoms with Crippen LogP contribution in [0, 0.1) is 6.92 Å². The number of aryl methyl sites for hydroxylation is 1. The van der Waals surface area contributed by atoms with E-state index in [0.717, 1.165) is 25.1 Å². The van der Waals surface area contributed by atoms with Gasteiger partial charge in [-0.1, -0.05) is 17.7 Å². The van der Waals surface area contributed by atoms with Crippen LogP contribution >= 0.6 is 0 Å². The molecule has 1 aromatic heterocycles. The van der Waals surface area contributed by atoms with E-state index in [1.54, 1.807) is 30.6 Å². The molecule has 7 nitrogen and oxygen atoms in total. The minimum Gasteiger partial charge on any atom is -0.484 e. The number of nitrogens with zero attached hydrogens (tertiary/aromatic N) is 3. The SMILES string of the molecule is Cc1ccc(Oc2ccc(OCC(=O)NC3CCCN(c4ncccn4)C3)cc2)cc1. The van der Waals surface area contributed by atoms with Crippen LogP contribution in [0.4, 0.5) is 5.95 Å². The first kappa shape index (κ1) is 20.7. The van der Waals surface area contributed by atoms with E-state index in [9.17, 15) is 4.79 Å². The van der Waals surface area contributed by atoms with Gasteiger partial charge in [0.25, 0.3) is 5.91 Å². The summed E-state index contributed by atoms with van der Waals surface area (Å²) in [5.74, 6) is 2.67. The Morgan fingerprint density at radius 2 is 1.68 bits per heavy atom. The smallest absolute Gasteiger partial charge is 0.258 e. The summed E-state index contributed by atoms with van der Waals surface area (Å²) in [4.78, 5) is 23.0. The van der Waals surface area contributed by atoms with E-state index in [0.29, 0.717) is 24.0 Å². The van der Waals surface area contributed by atoms with E-state index in [1.165, 1.54) is 5.56 Å². The molecule has 31 heavy (non-hydrogen) atoms. The Labute approximate surface area is 182 Å². The molecule has 160 valence electrons. The fraction of sp³-hybridized carbons (Fsp3) is 0.292. The van der Waals surface area contributed by atoms with Crippen molar-refractivity contribution in [1.29, 1.82) is 0 Å². The predicted octanol–water partition coefficient (Wildman–Crippen LogP) is 3.74. The summed E-state index contributed by atoms with van der Waals surface area (Å²) in [6, 6.07) is 17.0. The molecule has 0 radical (unpaired) electrons. The van der Waals surface area contributed by atoms with Crippen LogP contribution in [-0.2, 0) is 4.79 Å². The van der Waals surface area contributed by atoms with Gasteiger partial charge in [0.15, 0.2) is 6.61 Å². The Kier molecular flexibility index (Phi) is 6.62. The van der Waals surface area contributed by atoms with Gasteiger partial charge < -0.3 is 19.7 Å². The molecule has 1 saturated heterocycles. The third-order valence-corrected chi connectivity index (χ3v) is 5.07. The minimum atomic E-state index is -0.138. The van der Waals surface area contributed by atoms with Gasteiger partial charge in [0, 0.05) is 31.5 Å². The summed E-state index contributed by atoms with van der Waals surface area (Å²) in [7, 11) is 0. The lowest BCUT2D eigenvalue weighted by Gasteiger charge is -2.33. The van der Waals surface area contributed by atoms with Gasteiger partial charge >= 0.3 is 0 Å². The number of anilines is 1. The fourth-order valence-electron chi connectivity index (χ4n) is 3.50. The number of aromatic nitrogens is 2. The van der Waals surface area contributed by atoms with Gasteiger partial charge in [0.05, 0.1) is 0 Å². The van der Waals surface area contributed by atoms with Gasteiger partial charge in [-0.25, -0.2) is 9.97 Å². The Bertz CT molecular complexity index is 978. The van der Waals surface area contributed by atoms with Crippen molar-refractivity contribution in [2.45, 2.75) is 25.8 Å². The maximum atomic E-state index is 12.4. The summed E-state index contributed by atoms with van der Waals surface area (Å²) in [5.41, 5.74) is 1.18.